The number of nitriles is 1. The summed E-state index contributed by atoms with van der Waals surface area (Å²) in [7, 11) is 3.48. The molecular weight excluding hydrogens is 410 g/mol. The normalized spacial score (nSPS) is 10.9. The van der Waals surface area contributed by atoms with Crippen molar-refractivity contribution >= 4 is 28.9 Å². The zero-order chi connectivity index (χ0) is 22.0. The molecule has 0 unspecified atom stereocenters. The highest BCUT2D eigenvalue weighted by atomic mass is 32.2. The van der Waals surface area contributed by atoms with Crippen LogP contribution in [0.15, 0.2) is 64.9 Å². The van der Waals surface area contributed by atoms with Crippen LogP contribution in [0.3, 0.4) is 0 Å². The predicted molar refractivity (Wildman–Crippen MR) is 119 cm³/mol. The number of carbonyl (C=O) groups is 1. The smallest absolute Gasteiger partial charge is 0.223 e. The Morgan fingerprint density at radius 2 is 1.97 bits per heavy atom. The number of hydrogen-bond acceptors (Lipinski definition) is 6. The third kappa shape index (κ3) is 4.25. The van der Waals surface area contributed by atoms with Crippen molar-refractivity contribution in [1.29, 1.82) is 5.26 Å². The maximum Gasteiger partial charge on any atom is 0.223 e. The Balaban J connectivity index is 1.71. The summed E-state index contributed by atoms with van der Waals surface area (Å²) < 4.78 is 3.47. The SMILES string of the molecule is CN(C)C(=O)CCn1cc(-c2cc(Sc3ccccc3N)c3c(C#N)cnn3c2)cn1. The average molecular weight is 432 g/mol. The quantitative estimate of drug-likeness (QED) is 0.470. The van der Waals surface area contributed by atoms with Crippen molar-refractivity contribution in [2.75, 3.05) is 19.8 Å². The van der Waals surface area contributed by atoms with E-state index in [-0.39, 0.29) is 5.91 Å². The van der Waals surface area contributed by atoms with Crippen LogP contribution in [-0.2, 0) is 11.3 Å². The van der Waals surface area contributed by atoms with E-state index in [1.54, 1.807) is 40.6 Å². The van der Waals surface area contributed by atoms with Gasteiger partial charge in [0.05, 0.1) is 23.5 Å². The molecule has 8 nitrogen and oxygen atoms in total. The fourth-order valence-corrected chi connectivity index (χ4v) is 4.22. The summed E-state index contributed by atoms with van der Waals surface area (Å²) in [4.78, 5) is 15.2. The second-order valence-electron chi connectivity index (χ2n) is 7.23. The van der Waals surface area contributed by atoms with Crippen LogP contribution in [-0.4, -0.2) is 44.3 Å². The Bertz CT molecular complexity index is 1300. The summed E-state index contributed by atoms with van der Waals surface area (Å²) in [5.74, 6) is 0.0539. The number of pyridine rings is 1. The Labute approximate surface area is 183 Å². The van der Waals surface area contributed by atoms with Crippen molar-refractivity contribution in [3.8, 4) is 17.2 Å². The van der Waals surface area contributed by atoms with Gasteiger partial charge < -0.3 is 10.6 Å². The van der Waals surface area contributed by atoms with Crippen molar-refractivity contribution in [2.24, 2.45) is 0 Å². The Hall–Kier alpha value is -3.77. The van der Waals surface area contributed by atoms with Crippen LogP contribution in [0.4, 0.5) is 5.69 Å². The monoisotopic (exact) mass is 431 g/mol. The van der Waals surface area contributed by atoms with E-state index in [1.807, 2.05) is 42.7 Å². The molecular formula is C22H21N7OS. The first kappa shape index (κ1) is 20.5. The highest BCUT2D eigenvalue weighted by Gasteiger charge is 2.15. The van der Waals surface area contributed by atoms with Crippen LogP contribution < -0.4 is 5.73 Å². The molecule has 1 aromatic carbocycles. The summed E-state index contributed by atoms with van der Waals surface area (Å²) in [6.45, 7) is 0.502. The number of para-hydroxylation sites is 1. The highest BCUT2D eigenvalue weighted by molar-refractivity contribution is 7.99. The summed E-state index contributed by atoms with van der Waals surface area (Å²) in [5.41, 5.74) is 9.86. The minimum atomic E-state index is 0.0539. The molecule has 0 radical (unpaired) electrons. The summed E-state index contributed by atoms with van der Waals surface area (Å²) in [6, 6.07) is 11.8. The molecule has 0 spiro atoms. The second-order valence-corrected chi connectivity index (χ2v) is 8.31. The van der Waals surface area contributed by atoms with E-state index in [4.69, 9.17) is 5.73 Å². The van der Waals surface area contributed by atoms with E-state index in [0.717, 1.165) is 26.4 Å². The molecule has 1 amide bonds. The number of amides is 1. The molecule has 0 saturated carbocycles. The van der Waals surface area contributed by atoms with Crippen LogP contribution >= 0.6 is 11.8 Å². The molecule has 0 saturated heterocycles. The number of anilines is 1. The first-order valence-corrected chi connectivity index (χ1v) is 10.4. The topological polar surface area (TPSA) is 105 Å². The van der Waals surface area contributed by atoms with E-state index >= 15 is 0 Å². The molecule has 4 rings (SSSR count). The number of nitrogens with two attached hydrogens (primary N) is 1. The lowest BCUT2D eigenvalue weighted by atomic mass is 10.1. The third-order valence-corrected chi connectivity index (χ3v) is 5.98. The molecule has 0 aliphatic heterocycles. The van der Waals surface area contributed by atoms with Gasteiger partial charge in [0.2, 0.25) is 5.91 Å². The Kier molecular flexibility index (Phi) is 5.64. The van der Waals surface area contributed by atoms with Gasteiger partial charge in [-0.2, -0.15) is 15.5 Å². The number of nitrogens with zero attached hydrogens (tertiary/aromatic N) is 6. The minimum absolute atomic E-state index is 0.0539. The molecule has 3 heterocycles. The van der Waals surface area contributed by atoms with Gasteiger partial charge in [-0.25, -0.2) is 4.52 Å². The third-order valence-electron chi connectivity index (χ3n) is 4.86. The fourth-order valence-electron chi connectivity index (χ4n) is 3.16. The van der Waals surface area contributed by atoms with E-state index in [0.29, 0.717) is 24.2 Å². The zero-order valence-corrected chi connectivity index (χ0v) is 18.0. The van der Waals surface area contributed by atoms with Gasteiger partial charge in [0.25, 0.3) is 0 Å². The van der Waals surface area contributed by atoms with Crippen LogP contribution in [0.2, 0.25) is 0 Å². The summed E-state index contributed by atoms with van der Waals surface area (Å²) in [5, 5.41) is 18.3. The van der Waals surface area contributed by atoms with Crippen molar-refractivity contribution in [3.05, 3.63) is 60.7 Å². The number of aromatic nitrogens is 4. The number of nitrogen functional groups attached to an aromatic ring is 1. The van der Waals surface area contributed by atoms with E-state index in [2.05, 4.69) is 16.3 Å². The number of aryl methyl sites for hydroxylation is 1. The van der Waals surface area contributed by atoms with Gasteiger partial charge in [0.1, 0.15) is 6.07 Å². The Morgan fingerprint density at radius 3 is 2.71 bits per heavy atom. The van der Waals surface area contributed by atoms with Crippen molar-refractivity contribution in [2.45, 2.75) is 22.8 Å². The van der Waals surface area contributed by atoms with Gasteiger partial charge in [0.15, 0.2) is 0 Å². The second kappa shape index (κ2) is 8.53. The van der Waals surface area contributed by atoms with Crippen LogP contribution in [0.5, 0.6) is 0 Å². The minimum Gasteiger partial charge on any atom is -0.398 e. The standard InChI is InChI=1S/C22H21N7OS/c1-27(2)21(30)7-8-28-13-17(12-25-28)15-9-20(31-19-6-4-3-5-18(19)24)22-16(10-23)11-26-29(22)14-15/h3-6,9,11-14H,7-8,24H2,1-2H3. The lowest BCUT2D eigenvalue weighted by Gasteiger charge is -2.10. The summed E-state index contributed by atoms with van der Waals surface area (Å²) >= 11 is 1.50. The van der Waals surface area contributed by atoms with Gasteiger partial charge in [-0.15, -0.1) is 0 Å². The molecule has 2 N–H and O–H groups in total. The van der Waals surface area contributed by atoms with E-state index in [9.17, 15) is 10.1 Å². The van der Waals surface area contributed by atoms with E-state index in [1.165, 1.54) is 11.8 Å². The first-order chi connectivity index (χ1) is 15.0. The molecule has 0 aliphatic rings. The average Bonchev–Trinajstić information content (AvgIpc) is 3.40. The number of benzene rings is 1. The van der Waals surface area contributed by atoms with Crippen molar-refractivity contribution in [3.63, 3.8) is 0 Å². The molecule has 0 aliphatic carbocycles. The first-order valence-electron chi connectivity index (χ1n) is 9.63. The maximum absolute atomic E-state index is 11.8. The van der Waals surface area contributed by atoms with Gasteiger partial charge in [-0.3, -0.25) is 9.48 Å². The fraction of sp³-hybridized carbons (Fsp3) is 0.182. The Morgan fingerprint density at radius 1 is 1.16 bits per heavy atom. The molecule has 4 aromatic rings. The predicted octanol–water partition coefficient (Wildman–Crippen LogP) is 3.28. The molecule has 156 valence electrons. The lowest BCUT2D eigenvalue weighted by Crippen LogP contribution is -2.22. The largest absolute Gasteiger partial charge is 0.398 e. The van der Waals surface area contributed by atoms with Crippen LogP contribution in [0, 0.1) is 11.3 Å². The van der Waals surface area contributed by atoms with Gasteiger partial charge in [0, 0.05) is 66.1 Å². The number of hydrogen-bond donors (Lipinski definition) is 1. The van der Waals surface area contributed by atoms with Gasteiger partial charge >= 0.3 is 0 Å². The van der Waals surface area contributed by atoms with Crippen molar-refractivity contribution < 1.29 is 4.79 Å². The molecule has 3 aromatic heterocycles. The molecule has 31 heavy (non-hydrogen) atoms. The number of rotatable bonds is 6. The van der Waals surface area contributed by atoms with Gasteiger partial charge in [-0.05, 0) is 18.2 Å². The maximum atomic E-state index is 11.8. The van der Waals surface area contributed by atoms with Gasteiger partial charge in [-0.1, -0.05) is 23.9 Å². The number of fused-ring (bicyclic) bond motifs is 1. The highest BCUT2D eigenvalue weighted by Crippen LogP contribution is 2.37. The van der Waals surface area contributed by atoms with E-state index < -0.39 is 0 Å². The summed E-state index contributed by atoms with van der Waals surface area (Å²) in [6.07, 6.45) is 7.49. The van der Waals surface area contributed by atoms with Crippen LogP contribution in [0.25, 0.3) is 16.6 Å². The molecule has 0 bridgehead atoms. The molecule has 0 atom stereocenters. The zero-order valence-electron chi connectivity index (χ0n) is 17.2. The molecule has 9 heteroatoms. The lowest BCUT2D eigenvalue weighted by molar-refractivity contribution is -0.128. The number of carbonyl (C=O) groups excluding carboxylic acids is 1. The van der Waals surface area contributed by atoms with Crippen molar-refractivity contribution in [1.82, 2.24) is 24.3 Å². The van der Waals surface area contributed by atoms with Crippen LogP contribution in [0.1, 0.15) is 12.0 Å². The molecule has 0 fully saturated rings.